The number of halogens is 2. The van der Waals surface area contributed by atoms with Gasteiger partial charge >= 0.3 is 0 Å². The largest absolute Gasteiger partial charge is 0.310 e. The van der Waals surface area contributed by atoms with Gasteiger partial charge in [0.2, 0.25) is 0 Å². The van der Waals surface area contributed by atoms with E-state index >= 15 is 0 Å². The fourth-order valence-electron chi connectivity index (χ4n) is 1.52. The van der Waals surface area contributed by atoms with Gasteiger partial charge in [-0.2, -0.15) is 0 Å². The lowest BCUT2D eigenvalue weighted by Crippen LogP contribution is -2.20. The maximum atomic E-state index is 12.9. The van der Waals surface area contributed by atoms with Gasteiger partial charge < -0.3 is 5.32 Å². The van der Waals surface area contributed by atoms with Crippen molar-refractivity contribution in [1.29, 1.82) is 0 Å². The molecule has 0 bridgehead atoms. The molecule has 1 rings (SSSR count). The van der Waals surface area contributed by atoms with E-state index in [2.05, 4.69) is 11.9 Å². The molecule has 1 unspecified atom stereocenters. The van der Waals surface area contributed by atoms with E-state index < -0.39 is 0 Å². The Morgan fingerprint density at radius 1 is 1.60 bits per heavy atom. The fourth-order valence-corrected chi connectivity index (χ4v) is 1.82. The van der Waals surface area contributed by atoms with Crippen LogP contribution < -0.4 is 5.32 Å². The minimum absolute atomic E-state index is 0.112. The zero-order valence-corrected chi connectivity index (χ0v) is 9.52. The molecule has 0 aromatic heterocycles. The van der Waals surface area contributed by atoms with E-state index in [1.807, 2.05) is 13.0 Å². The first-order chi connectivity index (χ1) is 7.19. The van der Waals surface area contributed by atoms with Gasteiger partial charge in [-0.25, -0.2) is 4.39 Å². The molecular weight excluding hydrogens is 213 g/mol. The van der Waals surface area contributed by atoms with E-state index in [1.165, 1.54) is 12.1 Å². The van der Waals surface area contributed by atoms with Gasteiger partial charge in [0.25, 0.3) is 0 Å². The van der Waals surface area contributed by atoms with Gasteiger partial charge in [0, 0.05) is 11.1 Å². The van der Waals surface area contributed by atoms with Gasteiger partial charge in [0.05, 0.1) is 0 Å². The van der Waals surface area contributed by atoms with Crippen molar-refractivity contribution in [1.82, 2.24) is 5.32 Å². The van der Waals surface area contributed by atoms with Crippen LogP contribution in [0.2, 0.25) is 5.02 Å². The highest BCUT2D eigenvalue weighted by Gasteiger charge is 2.12. The van der Waals surface area contributed by atoms with Crippen molar-refractivity contribution >= 4 is 11.6 Å². The van der Waals surface area contributed by atoms with Gasteiger partial charge in [-0.3, -0.25) is 0 Å². The molecular formula is C12H15ClFN. The highest BCUT2D eigenvalue weighted by molar-refractivity contribution is 6.31. The summed E-state index contributed by atoms with van der Waals surface area (Å²) in [6, 6.07) is 4.59. The van der Waals surface area contributed by atoms with E-state index in [-0.39, 0.29) is 11.9 Å². The molecule has 1 N–H and O–H groups in total. The molecule has 82 valence electrons. The predicted molar refractivity (Wildman–Crippen MR) is 62.6 cm³/mol. The molecule has 0 radical (unpaired) electrons. The molecule has 0 saturated carbocycles. The van der Waals surface area contributed by atoms with Crippen molar-refractivity contribution in [3.05, 3.63) is 47.3 Å². The van der Waals surface area contributed by atoms with Crippen LogP contribution in [0.5, 0.6) is 0 Å². The summed E-state index contributed by atoms with van der Waals surface area (Å²) in [6.45, 7) is 6.56. The smallest absolute Gasteiger partial charge is 0.124 e. The first-order valence-corrected chi connectivity index (χ1v) is 5.36. The number of benzene rings is 1. The van der Waals surface area contributed by atoms with Crippen molar-refractivity contribution in [2.45, 2.75) is 19.4 Å². The second kappa shape index (κ2) is 5.89. The Bertz CT molecular complexity index is 338. The Balaban J connectivity index is 2.94. The molecule has 0 fully saturated rings. The number of nitrogens with one attached hydrogen (secondary N) is 1. The summed E-state index contributed by atoms with van der Waals surface area (Å²) in [6.07, 6.45) is 2.60. The van der Waals surface area contributed by atoms with Crippen LogP contribution in [-0.4, -0.2) is 6.54 Å². The van der Waals surface area contributed by atoms with Gasteiger partial charge in [-0.05, 0) is 30.7 Å². The zero-order valence-electron chi connectivity index (χ0n) is 8.76. The Kier molecular flexibility index (Phi) is 4.79. The molecule has 0 aliphatic carbocycles. The summed E-state index contributed by atoms with van der Waals surface area (Å²) in [5.41, 5.74) is 0.916. The molecule has 0 aliphatic rings. The van der Waals surface area contributed by atoms with Crippen molar-refractivity contribution in [2.75, 3.05) is 6.54 Å². The third-order valence-corrected chi connectivity index (χ3v) is 2.52. The lowest BCUT2D eigenvalue weighted by molar-refractivity contribution is 0.556. The van der Waals surface area contributed by atoms with Crippen LogP contribution in [0.4, 0.5) is 4.39 Å². The van der Waals surface area contributed by atoms with Crippen LogP contribution >= 0.6 is 11.6 Å². The van der Waals surface area contributed by atoms with Crippen LogP contribution in [0.25, 0.3) is 0 Å². The molecule has 1 aromatic carbocycles. The molecule has 3 heteroatoms. The van der Waals surface area contributed by atoms with E-state index in [9.17, 15) is 4.39 Å². The maximum absolute atomic E-state index is 12.9. The van der Waals surface area contributed by atoms with E-state index in [4.69, 9.17) is 11.6 Å². The van der Waals surface area contributed by atoms with Crippen molar-refractivity contribution < 1.29 is 4.39 Å². The molecule has 15 heavy (non-hydrogen) atoms. The van der Waals surface area contributed by atoms with Crippen LogP contribution in [0.1, 0.15) is 24.9 Å². The van der Waals surface area contributed by atoms with Crippen LogP contribution in [0.15, 0.2) is 30.9 Å². The summed E-state index contributed by atoms with van der Waals surface area (Å²) in [4.78, 5) is 0. The Hall–Kier alpha value is -0.860. The molecule has 0 amide bonds. The molecule has 0 heterocycles. The maximum Gasteiger partial charge on any atom is 0.124 e. The van der Waals surface area contributed by atoms with Crippen LogP contribution in [-0.2, 0) is 0 Å². The highest BCUT2D eigenvalue weighted by atomic mass is 35.5. The number of hydrogen-bond acceptors (Lipinski definition) is 1. The summed E-state index contributed by atoms with van der Waals surface area (Å²) in [5, 5.41) is 3.74. The van der Waals surface area contributed by atoms with Crippen LogP contribution in [0, 0.1) is 5.82 Å². The van der Waals surface area contributed by atoms with Gasteiger partial charge in [-0.1, -0.05) is 30.7 Å². The lowest BCUT2D eigenvalue weighted by atomic mass is 10.0. The topological polar surface area (TPSA) is 12.0 Å². The van der Waals surface area contributed by atoms with Crippen LogP contribution in [0.3, 0.4) is 0 Å². The van der Waals surface area contributed by atoms with Crippen molar-refractivity contribution in [2.24, 2.45) is 0 Å². The normalized spacial score (nSPS) is 12.5. The average molecular weight is 228 g/mol. The van der Waals surface area contributed by atoms with Gasteiger partial charge in [-0.15, -0.1) is 6.58 Å². The standard InChI is InChI=1S/C12H15ClFN/c1-3-5-12(15-4-2)10-7-6-9(14)8-11(10)13/h3,6-8,12,15H,1,4-5H2,2H3. The summed E-state index contributed by atoms with van der Waals surface area (Å²) < 4.78 is 12.9. The summed E-state index contributed by atoms with van der Waals surface area (Å²) >= 11 is 5.98. The summed E-state index contributed by atoms with van der Waals surface area (Å²) in [5.74, 6) is -0.308. The van der Waals surface area contributed by atoms with E-state index in [0.717, 1.165) is 18.5 Å². The monoisotopic (exact) mass is 227 g/mol. The van der Waals surface area contributed by atoms with E-state index in [0.29, 0.717) is 5.02 Å². The van der Waals surface area contributed by atoms with Gasteiger partial charge in [0.1, 0.15) is 5.82 Å². The second-order valence-electron chi connectivity index (χ2n) is 3.30. The Morgan fingerprint density at radius 3 is 2.87 bits per heavy atom. The van der Waals surface area contributed by atoms with Gasteiger partial charge in [0.15, 0.2) is 0 Å². The zero-order chi connectivity index (χ0) is 11.3. The van der Waals surface area contributed by atoms with E-state index in [1.54, 1.807) is 6.07 Å². The van der Waals surface area contributed by atoms with Crippen molar-refractivity contribution in [3.63, 3.8) is 0 Å². The molecule has 1 atom stereocenters. The highest BCUT2D eigenvalue weighted by Crippen LogP contribution is 2.26. The average Bonchev–Trinajstić information content (AvgIpc) is 2.17. The second-order valence-corrected chi connectivity index (χ2v) is 3.71. The summed E-state index contributed by atoms with van der Waals surface area (Å²) in [7, 11) is 0. The minimum Gasteiger partial charge on any atom is -0.310 e. The third-order valence-electron chi connectivity index (χ3n) is 2.19. The fraction of sp³-hybridized carbons (Fsp3) is 0.333. The number of rotatable bonds is 5. The minimum atomic E-state index is -0.308. The molecule has 0 aliphatic heterocycles. The molecule has 1 aromatic rings. The lowest BCUT2D eigenvalue weighted by Gasteiger charge is -2.17. The SMILES string of the molecule is C=CCC(NCC)c1ccc(F)cc1Cl. The molecule has 0 spiro atoms. The Morgan fingerprint density at radius 2 is 2.33 bits per heavy atom. The number of hydrogen-bond donors (Lipinski definition) is 1. The predicted octanol–water partition coefficient (Wildman–Crippen LogP) is 3.71. The van der Waals surface area contributed by atoms with Crippen molar-refractivity contribution in [3.8, 4) is 0 Å². The third kappa shape index (κ3) is 3.33. The first kappa shape index (κ1) is 12.2. The molecule has 1 nitrogen and oxygen atoms in total. The quantitative estimate of drug-likeness (QED) is 0.757. The Labute approximate surface area is 95.0 Å². The molecule has 0 saturated heterocycles. The first-order valence-electron chi connectivity index (χ1n) is 4.98.